The van der Waals surface area contributed by atoms with Gasteiger partial charge in [0.05, 0.1) is 0 Å². The number of likely N-dealkylation sites (tertiary alicyclic amines) is 1. The number of carbonyl (C=O) groups is 1. The maximum atomic E-state index is 13.0. The predicted molar refractivity (Wildman–Crippen MR) is 115 cm³/mol. The number of hydrogen-bond acceptors (Lipinski definition) is 3. The van der Waals surface area contributed by atoms with Gasteiger partial charge in [0, 0.05) is 42.9 Å². The maximum absolute atomic E-state index is 13.0. The fourth-order valence-electron chi connectivity index (χ4n) is 4.12. The van der Waals surface area contributed by atoms with Crippen molar-refractivity contribution in [1.82, 2.24) is 19.8 Å². The van der Waals surface area contributed by atoms with E-state index in [0.717, 1.165) is 37.1 Å². The lowest BCUT2D eigenvalue weighted by Crippen LogP contribution is -2.38. The summed E-state index contributed by atoms with van der Waals surface area (Å²) in [4.78, 5) is 31.2. The zero-order valence-corrected chi connectivity index (χ0v) is 16.9. The number of hydrogen-bond donors (Lipinski definition) is 2. The number of para-hydroxylation sites is 1. The molecule has 3 aromatic rings. The molecule has 0 unspecified atom stereocenters. The zero-order valence-electron chi connectivity index (χ0n) is 16.9. The molecule has 0 spiro atoms. The maximum Gasteiger partial charge on any atom is 0.263 e. The van der Waals surface area contributed by atoms with Gasteiger partial charge in [-0.05, 0) is 62.5 Å². The molecule has 4 rings (SSSR count). The van der Waals surface area contributed by atoms with Gasteiger partial charge in [-0.25, -0.2) is 0 Å². The molecule has 1 aliphatic rings. The van der Waals surface area contributed by atoms with E-state index >= 15 is 0 Å². The lowest BCUT2D eigenvalue weighted by Gasteiger charge is -2.15. The Morgan fingerprint density at radius 1 is 1.14 bits per heavy atom. The highest BCUT2D eigenvalue weighted by molar-refractivity contribution is 5.95. The largest absolute Gasteiger partial charge is 0.361 e. The number of carbonyl (C=O) groups excluding carboxylic acids is 1. The molecule has 2 N–H and O–H groups in total. The number of aromatic nitrogens is 2. The molecule has 29 heavy (non-hydrogen) atoms. The third-order valence-electron chi connectivity index (χ3n) is 5.81. The van der Waals surface area contributed by atoms with Gasteiger partial charge in [-0.2, -0.15) is 0 Å². The van der Waals surface area contributed by atoms with Gasteiger partial charge in [0.2, 0.25) is 0 Å². The molecule has 1 saturated heterocycles. The van der Waals surface area contributed by atoms with Gasteiger partial charge in [-0.15, -0.1) is 0 Å². The molecule has 152 valence electrons. The lowest BCUT2D eigenvalue weighted by molar-refractivity contribution is 0.0947. The molecule has 0 saturated carbocycles. The van der Waals surface area contributed by atoms with Crippen molar-refractivity contribution in [2.75, 3.05) is 26.2 Å². The van der Waals surface area contributed by atoms with Crippen LogP contribution in [-0.4, -0.2) is 46.5 Å². The van der Waals surface area contributed by atoms with Crippen molar-refractivity contribution in [3.8, 4) is 0 Å². The summed E-state index contributed by atoms with van der Waals surface area (Å²) in [6.07, 6.45) is 6.96. The van der Waals surface area contributed by atoms with Crippen LogP contribution in [0, 0.1) is 6.92 Å². The van der Waals surface area contributed by atoms with Crippen LogP contribution >= 0.6 is 0 Å². The summed E-state index contributed by atoms with van der Waals surface area (Å²) in [6, 6.07) is 10.00. The summed E-state index contributed by atoms with van der Waals surface area (Å²) < 4.78 is 1.64. The topological polar surface area (TPSA) is 70.1 Å². The lowest BCUT2D eigenvalue weighted by atomic mass is 10.1. The normalized spacial score (nSPS) is 14.5. The highest BCUT2D eigenvalue weighted by atomic mass is 16.2. The number of H-pyrrole nitrogens is 1. The molecule has 0 aliphatic carbocycles. The Bertz CT molecular complexity index is 1060. The van der Waals surface area contributed by atoms with E-state index in [1.165, 1.54) is 23.8 Å². The monoisotopic (exact) mass is 392 g/mol. The van der Waals surface area contributed by atoms with E-state index in [-0.39, 0.29) is 17.0 Å². The first-order valence-corrected chi connectivity index (χ1v) is 10.4. The fourth-order valence-corrected chi connectivity index (χ4v) is 4.12. The molecule has 3 heterocycles. The number of nitrogens with zero attached hydrogens (tertiary/aromatic N) is 2. The van der Waals surface area contributed by atoms with Crippen molar-refractivity contribution < 1.29 is 4.79 Å². The fraction of sp³-hybridized carbons (Fsp3) is 0.391. The van der Waals surface area contributed by atoms with Gasteiger partial charge in [0.1, 0.15) is 5.56 Å². The van der Waals surface area contributed by atoms with Crippen molar-refractivity contribution in [2.45, 2.75) is 32.7 Å². The minimum absolute atomic E-state index is 0.219. The van der Waals surface area contributed by atoms with E-state index in [2.05, 4.69) is 21.3 Å². The van der Waals surface area contributed by atoms with Crippen molar-refractivity contribution in [1.29, 1.82) is 0 Å². The van der Waals surface area contributed by atoms with Gasteiger partial charge >= 0.3 is 0 Å². The second-order valence-electron chi connectivity index (χ2n) is 7.79. The SMILES string of the molecule is Cc1ccn(CCc2c[nH]c3ccccc23)c(=O)c1C(=O)NCCN1CCCC1. The van der Waals surface area contributed by atoms with Crippen LogP contribution in [0.3, 0.4) is 0 Å². The van der Waals surface area contributed by atoms with Crippen LogP contribution in [0.4, 0.5) is 0 Å². The highest BCUT2D eigenvalue weighted by Gasteiger charge is 2.17. The van der Waals surface area contributed by atoms with Crippen LogP contribution in [-0.2, 0) is 13.0 Å². The van der Waals surface area contributed by atoms with Gasteiger partial charge < -0.3 is 19.8 Å². The first kappa shape index (κ1) is 19.5. The number of pyridine rings is 1. The van der Waals surface area contributed by atoms with E-state index in [1.54, 1.807) is 10.8 Å². The number of aromatic amines is 1. The summed E-state index contributed by atoms with van der Waals surface area (Å²) in [5, 5.41) is 4.10. The Kier molecular flexibility index (Phi) is 5.81. The van der Waals surface area contributed by atoms with E-state index < -0.39 is 0 Å². The van der Waals surface area contributed by atoms with Crippen LogP contribution in [0.15, 0.2) is 47.5 Å². The smallest absolute Gasteiger partial charge is 0.263 e. The molecule has 1 aliphatic heterocycles. The van der Waals surface area contributed by atoms with E-state index in [0.29, 0.717) is 13.1 Å². The average Bonchev–Trinajstić information content (AvgIpc) is 3.37. The number of nitrogens with one attached hydrogen (secondary N) is 2. The molecular formula is C23H28N4O2. The molecule has 1 fully saturated rings. The van der Waals surface area contributed by atoms with Crippen molar-refractivity contribution in [2.24, 2.45) is 0 Å². The molecule has 6 nitrogen and oxygen atoms in total. The van der Waals surface area contributed by atoms with Gasteiger partial charge in [-0.1, -0.05) is 18.2 Å². The Labute approximate surface area is 170 Å². The number of aryl methyl sites for hydroxylation is 3. The van der Waals surface area contributed by atoms with Crippen molar-refractivity contribution >= 4 is 16.8 Å². The molecule has 1 amide bonds. The summed E-state index contributed by atoms with van der Waals surface area (Å²) in [5.41, 5.74) is 3.02. The van der Waals surface area contributed by atoms with E-state index in [4.69, 9.17) is 0 Å². The Morgan fingerprint density at radius 3 is 2.76 bits per heavy atom. The van der Waals surface area contributed by atoms with Crippen LogP contribution in [0.2, 0.25) is 0 Å². The molecule has 0 atom stereocenters. The first-order chi connectivity index (χ1) is 14.1. The molecule has 0 radical (unpaired) electrons. The molecule has 1 aromatic carbocycles. The summed E-state index contributed by atoms with van der Waals surface area (Å²) in [5.74, 6) is -0.270. The number of benzene rings is 1. The summed E-state index contributed by atoms with van der Waals surface area (Å²) >= 11 is 0. The number of fused-ring (bicyclic) bond motifs is 1. The zero-order chi connectivity index (χ0) is 20.2. The van der Waals surface area contributed by atoms with E-state index in [1.807, 2.05) is 37.4 Å². The molecule has 6 heteroatoms. The molecular weight excluding hydrogens is 364 g/mol. The van der Waals surface area contributed by atoms with E-state index in [9.17, 15) is 9.59 Å². The summed E-state index contributed by atoms with van der Waals surface area (Å²) in [7, 11) is 0. The molecule has 0 bridgehead atoms. The van der Waals surface area contributed by atoms with Crippen LogP contribution in [0.25, 0.3) is 10.9 Å². The quantitative estimate of drug-likeness (QED) is 0.650. The third-order valence-corrected chi connectivity index (χ3v) is 5.81. The Hall–Kier alpha value is -2.86. The standard InChI is InChI=1S/C23H28N4O2/c1-17-8-13-27(14-9-18-16-25-20-7-3-2-6-19(18)20)23(29)21(17)22(28)24-10-15-26-11-4-5-12-26/h2-3,6-8,13,16,25H,4-5,9-12,14-15H2,1H3,(H,24,28). The number of rotatable bonds is 7. The minimum Gasteiger partial charge on any atom is -0.361 e. The molecule has 2 aromatic heterocycles. The van der Waals surface area contributed by atoms with Crippen LogP contribution in [0.1, 0.15) is 34.3 Å². The summed E-state index contributed by atoms with van der Waals surface area (Å²) in [6.45, 7) is 5.96. The first-order valence-electron chi connectivity index (χ1n) is 10.4. The average molecular weight is 393 g/mol. The Morgan fingerprint density at radius 2 is 1.93 bits per heavy atom. The van der Waals surface area contributed by atoms with Gasteiger partial charge in [0.15, 0.2) is 0 Å². The minimum atomic E-state index is -0.270. The second-order valence-corrected chi connectivity index (χ2v) is 7.79. The van der Waals surface area contributed by atoms with Gasteiger partial charge in [-0.3, -0.25) is 9.59 Å². The highest BCUT2D eigenvalue weighted by Crippen LogP contribution is 2.18. The Balaban J connectivity index is 1.44. The predicted octanol–water partition coefficient (Wildman–Crippen LogP) is 2.71. The second kappa shape index (κ2) is 8.66. The van der Waals surface area contributed by atoms with Crippen LogP contribution < -0.4 is 10.9 Å². The van der Waals surface area contributed by atoms with Crippen LogP contribution in [0.5, 0.6) is 0 Å². The van der Waals surface area contributed by atoms with Gasteiger partial charge in [0.25, 0.3) is 11.5 Å². The third kappa shape index (κ3) is 4.27. The van der Waals surface area contributed by atoms with Crippen molar-refractivity contribution in [3.63, 3.8) is 0 Å². The van der Waals surface area contributed by atoms with Crippen molar-refractivity contribution in [3.05, 3.63) is 69.8 Å². The number of amides is 1.